The minimum Gasteiger partial charge on any atom is -0.465 e. The summed E-state index contributed by atoms with van der Waals surface area (Å²) in [6, 6.07) is 4.70. The third-order valence-electron chi connectivity index (χ3n) is 3.95. The Labute approximate surface area is 125 Å². The zero-order chi connectivity index (χ0) is 14.5. The first-order valence-electron chi connectivity index (χ1n) is 7.79. The molecule has 0 atom stereocenters. The van der Waals surface area contributed by atoms with Crippen LogP contribution in [0.1, 0.15) is 19.3 Å². The van der Waals surface area contributed by atoms with Gasteiger partial charge in [-0.05, 0) is 43.9 Å². The number of hydrogen-bond acceptors (Lipinski definition) is 4. The number of ether oxygens (including phenoxy) is 2. The second-order valence-corrected chi connectivity index (χ2v) is 5.78. The highest BCUT2D eigenvalue weighted by atomic mass is 19.1. The summed E-state index contributed by atoms with van der Waals surface area (Å²) in [6.45, 7) is 4.70. The van der Waals surface area contributed by atoms with Crippen LogP contribution in [-0.2, 0) is 4.74 Å². The van der Waals surface area contributed by atoms with Gasteiger partial charge in [-0.25, -0.2) is 4.39 Å². The van der Waals surface area contributed by atoms with Crippen LogP contribution in [0.4, 0.5) is 10.1 Å². The first-order valence-corrected chi connectivity index (χ1v) is 7.79. The van der Waals surface area contributed by atoms with E-state index in [-0.39, 0.29) is 12.6 Å². The van der Waals surface area contributed by atoms with E-state index in [9.17, 15) is 4.39 Å². The number of hydrogen-bond donors (Lipinski definition) is 1. The molecule has 2 fully saturated rings. The van der Waals surface area contributed by atoms with Crippen LogP contribution in [0.5, 0.6) is 5.75 Å². The number of anilines is 1. The van der Waals surface area contributed by atoms with Crippen LogP contribution < -0.4 is 15.0 Å². The third-order valence-corrected chi connectivity index (χ3v) is 3.95. The van der Waals surface area contributed by atoms with Gasteiger partial charge < -0.3 is 19.7 Å². The van der Waals surface area contributed by atoms with Gasteiger partial charge in [0.1, 0.15) is 11.6 Å². The summed E-state index contributed by atoms with van der Waals surface area (Å²) in [5.74, 6) is 1.19. The summed E-state index contributed by atoms with van der Waals surface area (Å²) < 4.78 is 24.8. The topological polar surface area (TPSA) is 33.7 Å². The molecule has 2 aliphatic rings. The average molecular weight is 294 g/mol. The lowest BCUT2D eigenvalue weighted by molar-refractivity contribution is 0.0102. The molecule has 0 unspecified atom stereocenters. The molecule has 0 radical (unpaired) electrons. The molecule has 21 heavy (non-hydrogen) atoms. The van der Waals surface area contributed by atoms with E-state index in [4.69, 9.17) is 9.47 Å². The van der Waals surface area contributed by atoms with E-state index in [0.29, 0.717) is 5.75 Å². The van der Waals surface area contributed by atoms with Crippen LogP contribution >= 0.6 is 0 Å². The summed E-state index contributed by atoms with van der Waals surface area (Å²) in [4.78, 5) is 2.18. The summed E-state index contributed by atoms with van der Waals surface area (Å²) in [5, 5.41) is 3.35. The fourth-order valence-corrected chi connectivity index (χ4v) is 2.55. The second-order valence-electron chi connectivity index (χ2n) is 5.78. The summed E-state index contributed by atoms with van der Waals surface area (Å²) >= 11 is 0. The van der Waals surface area contributed by atoms with Gasteiger partial charge in [0, 0.05) is 25.7 Å². The Morgan fingerprint density at radius 2 is 2.14 bits per heavy atom. The molecule has 1 saturated carbocycles. The standard InChI is InChI=1S/C16H23FN2O2/c17-14-4-5-16(21-12-20-11-13-2-3-13)15(10-14)19-8-1-6-18-7-9-19/h4-5,10,13,18H,1-3,6-9,11-12H2. The van der Waals surface area contributed by atoms with Crippen molar-refractivity contribution in [2.45, 2.75) is 19.3 Å². The van der Waals surface area contributed by atoms with Crippen molar-refractivity contribution in [3.63, 3.8) is 0 Å². The molecular formula is C16H23FN2O2. The van der Waals surface area contributed by atoms with E-state index in [0.717, 1.165) is 50.8 Å². The van der Waals surface area contributed by atoms with Crippen LogP contribution in [0, 0.1) is 11.7 Å². The van der Waals surface area contributed by atoms with Gasteiger partial charge in [0.25, 0.3) is 0 Å². The zero-order valence-corrected chi connectivity index (χ0v) is 12.3. The fraction of sp³-hybridized carbons (Fsp3) is 0.625. The number of nitrogens with one attached hydrogen (secondary N) is 1. The molecule has 116 valence electrons. The number of nitrogens with zero attached hydrogens (tertiary/aromatic N) is 1. The molecule has 1 N–H and O–H groups in total. The van der Waals surface area contributed by atoms with Gasteiger partial charge in [-0.2, -0.15) is 0 Å². The lowest BCUT2D eigenvalue weighted by Gasteiger charge is -2.25. The number of rotatable bonds is 6. The van der Waals surface area contributed by atoms with Crippen molar-refractivity contribution in [2.24, 2.45) is 5.92 Å². The van der Waals surface area contributed by atoms with Crippen LogP contribution in [0.15, 0.2) is 18.2 Å². The Morgan fingerprint density at radius 3 is 3.00 bits per heavy atom. The minimum absolute atomic E-state index is 0.228. The van der Waals surface area contributed by atoms with Gasteiger partial charge in [0.2, 0.25) is 0 Å². The molecular weight excluding hydrogens is 271 g/mol. The fourth-order valence-electron chi connectivity index (χ4n) is 2.55. The minimum atomic E-state index is -0.228. The molecule has 0 bridgehead atoms. The Balaban J connectivity index is 1.63. The van der Waals surface area contributed by atoms with Crippen LogP contribution in [-0.4, -0.2) is 39.6 Å². The molecule has 4 nitrogen and oxygen atoms in total. The highest BCUT2D eigenvalue weighted by Gasteiger charge is 2.21. The lowest BCUT2D eigenvalue weighted by Crippen LogP contribution is -2.28. The van der Waals surface area contributed by atoms with Gasteiger partial charge in [-0.3, -0.25) is 0 Å². The quantitative estimate of drug-likeness (QED) is 0.645. The van der Waals surface area contributed by atoms with Gasteiger partial charge in [-0.15, -0.1) is 0 Å². The van der Waals surface area contributed by atoms with Crippen molar-refractivity contribution < 1.29 is 13.9 Å². The van der Waals surface area contributed by atoms with E-state index < -0.39 is 0 Å². The Kier molecular flexibility index (Phi) is 4.93. The average Bonchev–Trinajstić information content (AvgIpc) is 3.31. The van der Waals surface area contributed by atoms with Crippen LogP contribution in [0.2, 0.25) is 0 Å². The van der Waals surface area contributed by atoms with Crippen molar-refractivity contribution >= 4 is 5.69 Å². The lowest BCUT2D eigenvalue weighted by atomic mass is 10.2. The molecule has 1 aromatic carbocycles. The Bertz CT molecular complexity index is 458. The maximum Gasteiger partial charge on any atom is 0.189 e. The molecule has 1 heterocycles. The van der Waals surface area contributed by atoms with Crippen molar-refractivity contribution in [1.29, 1.82) is 0 Å². The molecule has 0 aromatic heterocycles. The maximum atomic E-state index is 13.6. The largest absolute Gasteiger partial charge is 0.465 e. The van der Waals surface area contributed by atoms with E-state index in [2.05, 4.69) is 10.2 Å². The van der Waals surface area contributed by atoms with Gasteiger partial charge >= 0.3 is 0 Å². The summed E-state index contributed by atoms with van der Waals surface area (Å²) in [6.07, 6.45) is 3.58. The summed E-state index contributed by atoms with van der Waals surface area (Å²) in [5.41, 5.74) is 0.828. The number of halogens is 1. The van der Waals surface area contributed by atoms with Crippen molar-refractivity contribution in [2.75, 3.05) is 44.5 Å². The first-order chi connectivity index (χ1) is 10.3. The van der Waals surface area contributed by atoms with E-state index in [1.165, 1.54) is 18.9 Å². The monoisotopic (exact) mass is 294 g/mol. The SMILES string of the molecule is Fc1ccc(OCOCC2CC2)c(N2CCCNCC2)c1. The molecule has 0 amide bonds. The molecule has 0 spiro atoms. The maximum absolute atomic E-state index is 13.6. The van der Waals surface area contributed by atoms with Crippen molar-refractivity contribution in [3.8, 4) is 5.75 Å². The molecule has 1 saturated heterocycles. The Hall–Kier alpha value is -1.33. The van der Waals surface area contributed by atoms with Crippen LogP contribution in [0.3, 0.4) is 0 Å². The van der Waals surface area contributed by atoms with E-state index in [1.807, 2.05) is 0 Å². The molecule has 1 aliphatic carbocycles. The van der Waals surface area contributed by atoms with Gasteiger partial charge in [-0.1, -0.05) is 0 Å². The van der Waals surface area contributed by atoms with E-state index in [1.54, 1.807) is 12.1 Å². The normalized spacial score (nSPS) is 19.4. The highest BCUT2D eigenvalue weighted by Crippen LogP contribution is 2.31. The predicted octanol–water partition coefficient (Wildman–Crippen LogP) is 2.39. The van der Waals surface area contributed by atoms with E-state index >= 15 is 0 Å². The smallest absolute Gasteiger partial charge is 0.189 e. The molecule has 1 aromatic rings. The molecule has 3 rings (SSSR count). The Morgan fingerprint density at radius 1 is 1.24 bits per heavy atom. The molecule has 5 heteroatoms. The summed E-state index contributed by atoms with van der Waals surface area (Å²) in [7, 11) is 0. The van der Waals surface area contributed by atoms with Gasteiger partial charge in [0.05, 0.1) is 12.3 Å². The first kappa shape index (κ1) is 14.6. The second kappa shape index (κ2) is 7.09. The van der Waals surface area contributed by atoms with Crippen molar-refractivity contribution in [1.82, 2.24) is 5.32 Å². The molecule has 1 aliphatic heterocycles. The van der Waals surface area contributed by atoms with Gasteiger partial charge in [0.15, 0.2) is 6.79 Å². The van der Waals surface area contributed by atoms with Crippen LogP contribution in [0.25, 0.3) is 0 Å². The van der Waals surface area contributed by atoms with Crippen molar-refractivity contribution in [3.05, 3.63) is 24.0 Å². The third kappa shape index (κ3) is 4.32. The highest BCUT2D eigenvalue weighted by molar-refractivity contribution is 5.58. The zero-order valence-electron chi connectivity index (χ0n) is 12.3. The number of benzene rings is 1. The predicted molar refractivity (Wildman–Crippen MR) is 80.3 cm³/mol.